The van der Waals surface area contributed by atoms with Crippen LogP contribution in [0.3, 0.4) is 0 Å². The van der Waals surface area contributed by atoms with Gasteiger partial charge in [0.15, 0.2) is 0 Å². The van der Waals surface area contributed by atoms with Crippen molar-refractivity contribution >= 4 is 28.4 Å². The van der Waals surface area contributed by atoms with Crippen LogP contribution in [-0.2, 0) is 36.2 Å². The standard InChI is InChI=1S/2C30H33.2CH3.Si.Zr/c2*1-6-7-8-9-24-18-29-27(25-14-20(2)12-21(3)15-25)10-11-28(30(29)19-24)26-16-22(4)13-23(5)17-26;;;;/h2*10-19H,6-9H2,1-5H3;2*1H3;;/q4*-1;;. The first kappa shape index (κ1) is 52.3. The van der Waals surface area contributed by atoms with E-state index in [2.05, 4.69) is 197 Å². The Kier molecular flexibility index (Phi) is 19.8. The van der Waals surface area contributed by atoms with Crippen molar-refractivity contribution in [3.05, 3.63) is 192 Å². The van der Waals surface area contributed by atoms with Crippen molar-refractivity contribution in [3.8, 4) is 44.5 Å². The molecule has 8 rings (SSSR count). The molecule has 0 unspecified atom stereocenters. The summed E-state index contributed by atoms with van der Waals surface area (Å²) in [6, 6.07) is 46.7. The molecule has 0 saturated carbocycles. The Hall–Kier alpha value is -4.36. The number of aryl methyl sites for hydroxylation is 10. The van der Waals surface area contributed by atoms with Crippen LogP contribution < -0.4 is 0 Å². The van der Waals surface area contributed by atoms with Gasteiger partial charge < -0.3 is 14.9 Å². The van der Waals surface area contributed by atoms with E-state index in [1.165, 1.54) is 196 Å². The average molecular weight is 937 g/mol. The number of fused-ring (bicyclic) bond motifs is 2. The summed E-state index contributed by atoms with van der Waals surface area (Å²) in [6.07, 6.45) is 10.0. The topological polar surface area (TPSA) is 0 Å². The van der Waals surface area contributed by atoms with Crippen molar-refractivity contribution in [1.29, 1.82) is 0 Å². The molecule has 0 heterocycles. The Morgan fingerprint density at radius 1 is 0.359 bits per heavy atom. The van der Waals surface area contributed by atoms with E-state index in [4.69, 9.17) is 0 Å². The summed E-state index contributed by atoms with van der Waals surface area (Å²) in [4.78, 5) is 0. The van der Waals surface area contributed by atoms with Crippen molar-refractivity contribution in [2.45, 2.75) is 121 Å². The first-order valence-electron chi connectivity index (χ1n) is 22.9. The van der Waals surface area contributed by atoms with Crippen LogP contribution in [0.15, 0.2) is 121 Å². The molecular formula is C62H72SiZr-4. The number of unbranched alkanes of at least 4 members (excludes halogenated alkanes) is 4. The van der Waals surface area contributed by atoms with E-state index in [0.29, 0.717) is 0 Å². The fourth-order valence-electron chi connectivity index (χ4n) is 9.69. The Balaban J connectivity index is 0.000000262. The van der Waals surface area contributed by atoms with Crippen LogP contribution in [0.2, 0.25) is 0 Å². The fraction of sp³-hybridized carbons (Fsp3) is 0.290. The molecule has 8 aromatic rings. The van der Waals surface area contributed by atoms with Gasteiger partial charge in [0.2, 0.25) is 0 Å². The van der Waals surface area contributed by atoms with E-state index in [9.17, 15) is 0 Å². The van der Waals surface area contributed by atoms with Gasteiger partial charge in [0.1, 0.15) is 0 Å². The van der Waals surface area contributed by atoms with Crippen LogP contribution in [-0.4, -0.2) is 6.88 Å². The van der Waals surface area contributed by atoms with E-state index in [-0.39, 0.29) is 14.9 Å². The Morgan fingerprint density at radius 2 is 0.609 bits per heavy atom. The third-order valence-corrected chi connectivity index (χ3v) is 12.2. The summed E-state index contributed by atoms with van der Waals surface area (Å²) in [5.74, 6) is 0. The van der Waals surface area contributed by atoms with Gasteiger partial charge in [-0.2, -0.15) is 12.1 Å². The number of hydrogen-bond donors (Lipinski definition) is 0. The molecule has 0 saturated heterocycles. The van der Waals surface area contributed by atoms with Crippen LogP contribution in [0.1, 0.15) is 108 Å². The number of rotatable bonds is 12. The Labute approximate surface area is 405 Å². The number of hydrogen-bond acceptors (Lipinski definition) is 0. The predicted octanol–water partition coefficient (Wildman–Crippen LogP) is 18.2. The Morgan fingerprint density at radius 3 is 0.875 bits per heavy atom. The van der Waals surface area contributed by atoms with Crippen LogP contribution in [0.5, 0.6) is 0 Å². The van der Waals surface area contributed by atoms with E-state index in [1.807, 2.05) is 0 Å². The molecule has 8 aromatic carbocycles. The summed E-state index contributed by atoms with van der Waals surface area (Å²) >= 11 is 1.36. The summed E-state index contributed by atoms with van der Waals surface area (Å²) in [7, 11) is 0. The van der Waals surface area contributed by atoms with Crippen molar-refractivity contribution < 1.29 is 23.3 Å². The van der Waals surface area contributed by atoms with Crippen LogP contribution in [0, 0.1) is 70.2 Å². The zero-order valence-electron chi connectivity index (χ0n) is 41.2. The summed E-state index contributed by atoms with van der Waals surface area (Å²) in [5, 5.41) is 5.57. The molecule has 0 aliphatic rings. The van der Waals surface area contributed by atoms with Gasteiger partial charge in [-0.1, -0.05) is 227 Å². The van der Waals surface area contributed by atoms with Crippen LogP contribution in [0.4, 0.5) is 0 Å². The van der Waals surface area contributed by atoms with Crippen LogP contribution in [0.25, 0.3) is 66.1 Å². The van der Waals surface area contributed by atoms with E-state index >= 15 is 0 Å². The van der Waals surface area contributed by atoms with Gasteiger partial charge in [0.25, 0.3) is 0 Å². The second-order valence-corrected chi connectivity index (χ2v) is 18.1. The monoisotopic (exact) mass is 934 g/mol. The molecule has 0 spiro atoms. The quantitative estimate of drug-likeness (QED) is 0.0650. The second kappa shape index (κ2) is 24.2. The van der Waals surface area contributed by atoms with Gasteiger partial charge in [-0.15, -0.1) is 44.8 Å². The van der Waals surface area contributed by atoms with Gasteiger partial charge in [-0.05, 0) is 79.4 Å². The van der Waals surface area contributed by atoms with Gasteiger partial charge in [-0.3, -0.25) is 0 Å². The first-order valence-corrected chi connectivity index (χ1v) is 27.1. The van der Waals surface area contributed by atoms with Crippen molar-refractivity contribution in [2.75, 3.05) is 0 Å². The SMILES string of the molecule is CCCCCc1cc2c(-c3cc(C)cc(C)c3)ccc(-c3cc(C)cc(C)c3)c2[cH-]1.CCCCCc1cc2c(-c3cc(C)cc(C)c3)ccc(-c3cc(C)cc(C)c3)c2[cH-]1.[CH3-].[CH3-].[Si]=[Zr]. The number of benzene rings is 6. The predicted molar refractivity (Wildman–Crippen MR) is 284 cm³/mol. The fourth-order valence-corrected chi connectivity index (χ4v) is 9.69. The zero-order chi connectivity index (χ0) is 44.5. The molecule has 0 fully saturated rings. The zero-order valence-corrected chi connectivity index (χ0v) is 44.7. The average Bonchev–Trinajstić information content (AvgIpc) is 3.85. The van der Waals surface area contributed by atoms with E-state index in [1.54, 1.807) is 0 Å². The maximum absolute atomic E-state index is 3.06. The minimum absolute atomic E-state index is 0. The third kappa shape index (κ3) is 12.9. The van der Waals surface area contributed by atoms with Gasteiger partial charge in [0.05, 0.1) is 0 Å². The van der Waals surface area contributed by atoms with Crippen molar-refractivity contribution in [2.24, 2.45) is 0 Å². The molecule has 332 valence electrons. The maximum atomic E-state index is 3.06. The molecule has 2 radical (unpaired) electrons. The third-order valence-electron chi connectivity index (χ3n) is 12.2. The van der Waals surface area contributed by atoms with Gasteiger partial charge >= 0.3 is 30.2 Å². The molecule has 0 amide bonds. The van der Waals surface area contributed by atoms with E-state index in [0.717, 1.165) is 0 Å². The molecule has 0 nitrogen and oxygen atoms in total. The first-order chi connectivity index (χ1) is 29.9. The van der Waals surface area contributed by atoms with Crippen molar-refractivity contribution in [3.63, 3.8) is 0 Å². The Bertz CT molecular complexity index is 2340. The molecule has 0 aliphatic heterocycles. The molecule has 0 bridgehead atoms. The van der Waals surface area contributed by atoms with E-state index < -0.39 is 0 Å². The summed E-state index contributed by atoms with van der Waals surface area (Å²) in [6.45, 7) is 25.2. The molecule has 0 atom stereocenters. The normalized spacial score (nSPS) is 10.7. The van der Waals surface area contributed by atoms with Gasteiger partial charge in [-0.25, -0.2) is 0 Å². The minimum atomic E-state index is 0. The van der Waals surface area contributed by atoms with Gasteiger partial charge in [0, 0.05) is 0 Å². The summed E-state index contributed by atoms with van der Waals surface area (Å²) in [5.41, 5.74) is 24.3. The molecule has 0 N–H and O–H groups in total. The van der Waals surface area contributed by atoms with Crippen molar-refractivity contribution in [1.82, 2.24) is 0 Å². The molecule has 0 aliphatic carbocycles. The molecule has 2 heteroatoms. The molecule has 0 aromatic heterocycles. The second-order valence-electron chi connectivity index (χ2n) is 18.1. The molecule has 64 heavy (non-hydrogen) atoms. The van der Waals surface area contributed by atoms with Crippen LogP contribution >= 0.6 is 0 Å². The summed E-state index contributed by atoms with van der Waals surface area (Å²) < 4.78 is 0. The molecular weight excluding hydrogens is 864 g/mol.